The molecule has 3 rings (SSSR count). The molecule has 2 N–H and O–H groups in total. The summed E-state index contributed by atoms with van der Waals surface area (Å²) in [6.45, 7) is 0. The number of nitrogens with zero attached hydrogens (tertiary/aromatic N) is 1. The fourth-order valence-corrected chi connectivity index (χ4v) is 6.11. The Labute approximate surface area is 175 Å². The number of para-hydroxylation sites is 1. The molecule has 0 spiro atoms. The van der Waals surface area contributed by atoms with Gasteiger partial charge in [-0.25, -0.2) is 9.78 Å². The van der Waals surface area contributed by atoms with Gasteiger partial charge in [0.2, 0.25) is 0 Å². The second-order valence-electron chi connectivity index (χ2n) is 7.02. The highest BCUT2D eigenvalue weighted by atomic mass is 32.2. The lowest BCUT2D eigenvalue weighted by atomic mass is 9.97. The van der Waals surface area contributed by atoms with E-state index in [1.807, 2.05) is 66.7 Å². The molecule has 1 aromatic heterocycles. The summed E-state index contributed by atoms with van der Waals surface area (Å²) in [6, 6.07) is 21.3. The normalized spacial score (nSPS) is 14.4. The van der Waals surface area contributed by atoms with Crippen LogP contribution in [0.1, 0.15) is 18.4 Å². The first-order valence-corrected chi connectivity index (χ1v) is 12.3. The number of rotatable bonds is 10. The molecule has 1 heterocycles. The minimum absolute atomic E-state index is 0.0759. The van der Waals surface area contributed by atoms with Crippen molar-refractivity contribution in [1.82, 2.24) is 4.98 Å². The monoisotopic (exact) mass is 429 g/mol. The molecule has 2 aromatic carbocycles. The summed E-state index contributed by atoms with van der Waals surface area (Å²) in [5, 5.41) is 21.8. The number of hydrogen-bond acceptors (Lipinski definition) is 5. The van der Waals surface area contributed by atoms with Gasteiger partial charge in [0.15, 0.2) is 5.60 Å². The SMILES string of the molecule is O=C(O)C(O)(CCCc1ccccc1)C[PH](=O)CSc1ccc2ccccc2n1. The summed E-state index contributed by atoms with van der Waals surface area (Å²) in [6.07, 6.45) is 1.04. The number of aryl methyl sites for hydroxylation is 1. The molecular formula is C22H24NO4PS. The van der Waals surface area contributed by atoms with Crippen molar-refractivity contribution in [3.05, 3.63) is 72.3 Å². The second kappa shape index (κ2) is 10.1. The maximum Gasteiger partial charge on any atom is 0.336 e. The van der Waals surface area contributed by atoms with E-state index in [0.29, 0.717) is 12.8 Å². The third-order valence-electron chi connectivity index (χ3n) is 4.74. The second-order valence-corrected chi connectivity index (χ2v) is 10.3. The van der Waals surface area contributed by atoms with Crippen LogP contribution < -0.4 is 0 Å². The molecule has 0 aliphatic rings. The van der Waals surface area contributed by atoms with Gasteiger partial charge in [0.25, 0.3) is 0 Å². The number of aromatic nitrogens is 1. The van der Waals surface area contributed by atoms with E-state index in [9.17, 15) is 19.6 Å². The third kappa shape index (κ3) is 6.17. The minimum Gasteiger partial charge on any atom is -0.479 e. The zero-order chi connectivity index (χ0) is 20.7. The number of carboxylic acid groups (broad SMARTS) is 1. The molecule has 3 aromatic rings. The number of aliphatic carboxylic acids is 1. The topological polar surface area (TPSA) is 87.5 Å². The van der Waals surface area contributed by atoms with Crippen LogP contribution in [0.15, 0.2) is 71.8 Å². The van der Waals surface area contributed by atoms with Gasteiger partial charge in [0.05, 0.1) is 23.8 Å². The predicted octanol–water partition coefficient (Wildman–Crippen LogP) is 4.68. The molecule has 0 saturated carbocycles. The Morgan fingerprint density at radius 2 is 1.76 bits per heavy atom. The van der Waals surface area contributed by atoms with Crippen LogP contribution in [-0.2, 0) is 15.8 Å². The van der Waals surface area contributed by atoms with Crippen LogP contribution in [0.2, 0.25) is 0 Å². The molecule has 0 saturated heterocycles. The first-order valence-electron chi connectivity index (χ1n) is 9.46. The quantitative estimate of drug-likeness (QED) is 0.359. The Morgan fingerprint density at radius 1 is 1.03 bits per heavy atom. The molecule has 0 amide bonds. The number of fused-ring (bicyclic) bond motifs is 1. The summed E-state index contributed by atoms with van der Waals surface area (Å²) >= 11 is 1.33. The summed E-state index contributed by atoms with van der Waals surface area (Å²) in [7, 11) is -2.29. The van der Waals surface area contributed by atoms with E-state index >= 15 is 0 Å². The standard InChI is InChI=1S/C22H24NO4PS/c24-21(25)22(26,14-6-9-17-7-2-1-3-8-17)15-28(27)16-29-20-13-12-18-10-4-5-11-19(18)23-20/h1-5,7-8,10-13,26,28H,6,9,14-16H2,(H,24,25). The van der Waals surface area contributed by atoms with Gasteiger partial charge < -0.3 is 14.8 Å². The van der Waals surface area contributed by atoms with Crippen molar-refractivity contribution in [1.29, 1.82) is 0 Å². The van der Waals surface area contributed by atoms with Gasteiger partial charge in [-0.05, 0) is 37.0 Å². The van der Waals surface area contributed by atoms with Crippen LogP contribution >= 0.6 is 19.6 Å². The number of hydrogen-bond donors (Lipinski definition) is 2. The molecule has 0 aliphatic heterocycles. The van der Waals surface area contributed by atoms with Gasteiger partial charge in [-0.3, -0.25) is 0 Å². The number of carboxylic acids is 1. The molecule has 0 aliphatic carbocycles. The molecule has 0 radical (unpaired) electrons. The summed E-state index contributed by atoms with van der Waals surface area (Å²) in [5.41, 5.74) is 0.248. The van der Waals surface area contributed by atoms with Crippen molar-refractivity contribution in [2.75, 3.05) is 11.7 Å². The van der Waals surface area contributed by atoms with Gasteiger partial charge in [0.1, 0.15) is 0 Å². The molecule has 0 bridgehead atoms. The Bertz CT molecular complexity index is 998. The molecule has 2 atom stereocenters. The fraction of sp³-hybridized carbons (Fsp3) is 0.273. The first-order chi connectivity index (χ1) is 14.0. The van der Waals surface area contributed by atoms with Crippen molar-refractivity contribution in [3.63, 3.8) is 0 Å². The smallest absolute Gasteiger partial charge is 0.336 e. The lowest BCUT2D eigenvalue weighted by molar-refractivity contribution is -0.156. The predicted molar refractivity (Wildman–Crippen MR) is 118 cm³/mol. The van der Waals surface area contributed by atoms with E-state index in [2.05, 4.69) is 4.98 Å². The number of benzene rings is 2. The van der Waals surface area contributed by atoms with Gasteiger partial charge in [-0.1, -0.05) is 66.4 Å². The van der Waals surface area contributed by atoms with Crippen LogP contribution in [0.4, 0.5) is 0 Å². The lowest BCUT2D eigenvalue weighted by Crippen LogP contribution is -2.41. The van der Waals surface area contributed by atoms with Crippen LogP contribution in [0.5, 0.6) is 0 Å². The van der Waals surface area contributed by atoms with Crippen molar-refractivity contribution in [3.8, 4) is 0 Å². The summed E-state index contributed by atoms with van der Waals surface area (Å²) in [4.78, 5) is 16.2. The summed E-state index contributed by atoms with van der Waals surface area (Å²) in [5.74, 6) is -1.31. The largest absolute Gasteiger partial charge is 0.479 e. The highest BCUT2D eigenvalue weighted by Crippen LogP contribution is 2.36. The van der Waals surface area contributed by atoms with Crippen LogP contribution in [-0.4, -0.2) is 38.4 Å². The maximum absolute atomic E-state index is 12.5. The van der Waals surface area contributed by atoms with E-state index in [1.165, 1.54) is 11.8 Å². The third-order valence-corrected chi connectivity index (χ3v) is 8.11. The van der Waals surface area contributed by atoms with Crippen molar-refractivity contribution in [2.45, 2.75) is 29.9 Å². The Balaban J connectivity index is 1.54. The van der Waals surface area contributed by atoms with E-state index < -0.39 is 19.4 Å². The molecular weight excluding hydrogens is 405 g/mol. The Hall–Kier alpha value is -2.14. The Kier molecular flexibility index (Phi) is 7.48. The number of pyridine rings is 1. The fourth-order valence-electron chi connectivity index (χ4n) is 3.16. The van der Waals surface area contributed by atoms with Gasteiger partial charge in [-0.2, -0.15) is 0 Å². The molecule has 0 fully saturated rings. The molecule has 152 valence electrons. The zero-order valence-electron chi connectivity index (χ0n) is 16.0. The maximum atomic E-state index is 12.5. The average molecular weight is 429 g/mol. The Morgan fingerprint density at radius 3 is 2.52 bits per heavy atom. The molecule has 7 heteroatoms. The lowest BCUT2D eigenvalue weighted by Gasteiger charge is -2.23. The van der Waals surface area contributed by atoms with Gasteiger partial charge in [-0.15, -0.1) is 0 Å². The zero-order valence-corrected chi connectivity index (χ0v) is 17.8. The molecule has 2 unspecified atom stereocenters. The summed E-state index contributed by atoms with van der Waals surface area (Å²) < 4.78 is 12.5. The van der Waals surface area contributed by atoms with Crippen LogP contribution in [0, 0.1) is 0 Å². The van der Waals surface area contributed by atoms with E-state index in [-0.39, 0.29) is 18.1 Å². The minimum atomic E-state index is -2.29. The van der Waals surface area contributed by atoms with Crippen LogP contribution in [0.3, 0.4) is 0 Å². The average Bonchev–Trinajstić information content (AvgIpc) is 2.73. The number of aliphatic hydroxyl groups is 1. The number of carbonyl (C=O) groups is 1. The van der Waals surface area contributed by atoms with E-state index in [1.54, 1.807) is 0 Å². The molecule has 29 heavy (non-hydrogen) atoms. The van der Waals surface area contributed by atoms with Crippen molar-refractivity contribution in [2.24, 2.45) is 0 Å². The highest BCUT2D eigenvalue weighted by Gasteiger charge is 2.37. The molecule has 5 nitrogen and oxygen atoms in total. The van der Waals surface area contributed by atoms with Crippen molar-refractivity contribution >= 4 is 36.4 Å². The van der Waals surface area contributed by atoms with Crippen LogP contribution in [0.25, 0.3) is 10.9 Å². The van der Waals surface area contributed by atoms with E-state index in [4.69, 9.17) is 0 Å². The first kappa shape index (κ1) is 21.6. The van der Waals surface area contributed by atoms with Gasteiger partial charge in [0, 0.05) is 11.5 Å². The van der Waals surface area contributed by atoms with E-state index in [0.717, 1.165) is 21.5 Å². The number of thioether (sulfide) groups is 1. The highest BCUT2D eigenvalue weighted by molar-refractivity contribution is 8.03. The van der Waals surface area contributed by atoms with Gasteiger partial charge >= 0.3 is 5.97 Å². The van der Waals surface area contributed by atoms with Crippen molar-refractivity contribution < 1.29 is 19.6 Å².